The van der Waals surface area contributed by atoms with Gasteiger partial charge in [-0.05, 0) is 23.5 Å². The predicted octanol–water partition coefficient (Wildman–Crippen LogP) is 2.85. The number of halogens is 1. The quantitative estimate of drug-likeness (QED) is 0.785. The van der Waals surface area contributed by atoms with Gasteiger partial charge in [0.2, 0.25) is 0 Å². The summed E-state index contributed by atoms with van der Waals surface area (Å²) in [7, 11) is 0. The molecule has 14 heavy (non-hydrogen) atoms. The minimum Gasteiger partial charge on any atom is -0.327 e. The zero-order valence-corrected chi connectivity index (χ0v) is 8.83. The van der Waals surface area contributed by atoms with E-state index in [0.717, 1.165) is 6.42 Å². The van der Waals surface area contributed by atoms with Crippen molar-refractivity contribution in [3.63, 3.8) is 0 Å². The second kappa shape index (κ2) is 5.11. The summed E-state index contributed by atoms with van der Waals surface area (Å²) in [6.45, 7) is 4.40. The Kier molecular flexibility index (Phi) is 4.08. The van der Waals surface area contributed by atoms with Crippen molar-refractivity contribution in [2.75, 3.05) is 6.54 Å². The average molecular weight is 195 g/mol. The molecule has 0 amide bonds. The number of alkyl halides is 1. The molecule has 0 aliphatic heterocycles. The van der Waals surface area contributed by atoms with Gasteiger partial charge in [0.15, 0.2) is 0 Å². The van der Waals surface area contributed by atoms with Gasteiger partial charge >= 0.3 is 0 Å². The molecule has 0 saturated carbocycles. The molecule has 1 unspecified atom stereocenters. The minimum atomic E-state index is -1.02. The summed E-state index contributed by atoms with van der Waals surface area (Å²) in [5.74, 6) is 0.636. The van der Waals surface area contributed by atoms with Crippen molar-refractivity contribution in [3.05, 3.63) is 35.4 Å². The van der Waals surface area contributed by atoms with Crippen molar-refractivity contribution in [2.45, 2.75) is 26.4 Å². The van der Waals surface area contributed by atoms with Gasteiger partial charge in [-0.25, -0.2) is 4.39 Å². The van der Waals surface area contributed by atoms with Gasteiger partial charge in [-0.2, -0.15) is 0 Å². The standard InChI is InChI=1S/C12H18FN/c1-9(2)7-10-3-5-11(6-4-10)12(13)8-14/h3-6,9,12H,7-8,14H2,1-2H3. The molecule has 1 aromatic rings. The van der Waals surface area contributed by atoms with Crippen molar-refractivity contribution in [3.8, 4) is 0 Å². The van der Waals surface area contributed by atoms with Crippen molar-refractivity contribution >= 4 is 0 Å². The maximum atomic E-state index is 13.1. The van der Waals surface area contributed by atoms with Crippen molar-refractivity contribution in [1.29, 1.82) is 0 Å². The molecule has 0 aliphatic carbocycles. The zero-order chi connectivity index (χ0) is 10.6. The van der Waals surface area contributed by atoms with E-state index in [1.54, 1.807) is 0 Å². The van der Waals surface area contributed by atoms with E-state index in [1.807, 2.05) is 24.3 Å². The lowest BCUT2D eigenvalue weighted by molar-refractivity contribution is 0.353. The van der Waals surface area contributed by atoms with Crippen LogP contribution in [-0.4, -0.2) is 6.54 Å². The van der Waals surface area contributed by atoms with Crippen LogP contribution in [0.2, 0.25) is 0 Å². The third-order valence-electron chi connectivity index (χ3n) is 2.19. The number of benzene rings is 1. The Labute approximate surface area is 85.1 Å². The number of hydrogen-bond acceptors (Lipinski definition) is 1. The van der Waals surface area contributed by atoms with Gasteiger partial charge in [-0.1, -0.05) is 38.1 Å². The van der Waals surface area contributed by atoms with Gasteiger partial charge in [0.05, 0.1) is 0 Å². The summed E-state index contributed by atoms with van der Waals surface area (Å²) in [6, 6.07) is 7.62. The molecule has 1 aromatic carbocycles. The van der Waals surface area contributed by atoms with Crippen LogP contribution in [0.15, 0.2) is 24.3 Å². The summed E-state index contributed by atoms with van der Waals surface area (Å²) in [5.41, 5.74) is 7.19. The third kappa shape index (κ3) is 3.11. The van der Waals surface area contributed by atoms with E-state index in [2.05, 4.69) is 13.8 Å². The largest absolute Gasteiger partial charge is 0.327 e. The first kappa shape index (κ1) is 11.2. The first-order chi connectivity index (χ1) is 6.63. The Hall–Kier alpha value is -0.890. The summed E-state index contributed by atoms with van der Waals surface area (Å²) in [5, 5.41) is 0. The zero-order valence-electron chi connectivity index (χ0n) is 8.83. The maximum Gasteiger partial charge on any atom is 0.137 e. The topological polar surface area (TPSA) is 26.0 Å². The molecule has 0 aliphatic rings. The molecule has 0 saturated heterocycles. The highest BCUT2D eigenvalue weighted by Gasteiger charge is 2.06. The second-order valence-electron chi connectivity index (χ2n) is 4.04. The van der Waals surface area contributed by atoms with Crippen LogP contribution in [0.25, 0.3) is 0 Å². The Morgan fingerprint density at radius 2 is 1.79 bits per heavy atom. The second-order valence-corrected chi connectivity index (χ2v) is 4.04. The minimum absolute atomic E-state index is 0.0591. The molecule has 2 N–H and O–H groups in total. The van der Waals surface area contributed by atoms with E-state index in [1.165, 1.54) is 5.56 Å². The molecular weight excluding hydrogens is 177 g/mol. The molecule has 0 heterocycles. The Morgan fingerprint density at radius 3 is 2.21 bits per heavy atom. The lowest BCUT2D eigenvalue weighted by atomic mass is 10.0. The van der Waals surface area contributed by atoms with Crippen molar-refractivity contribution in [1.82, 2.24) is 0 Å². The lowest BCUT2D eigenvalue weighted by Crippen LogP contribution is -2.07. The average Bonchev–Trinajstić information content (AvgIpc) is 2.17. The van der Waals surface area contributed by atoms with Crippen LogP contribution in [0.5, 0.6) is 0 Å². The molecule has 78 valence electrons. The van der Waals surface area contributed by atoms with Crippen LogP contribution >= 0.6 is 0 Å². The molecule has 0 spiro atoms. The van der Waals surface area contributed by atoms with E-state index in [4.69, 9.17) is 5.73 Å². The van der Waals surface area contributed by atoms with E-state index in [-0.39, 0.29) is 6.54 Å². The SMILES string of the molecule is CC(C)Cc1ccc(C(F)CN)cc1. The van der Waals surface area contributed by atoms with Gasteiger partial charge in [0, 0.05) is 6.54 Å². The fourth-order valence-electron chi connectivity index (χ4n) is 1.47. The summed E-state index contributed by atoms with van der Waals surface area (Å²) in [4.78, 5) is 0. The molecular formula is C12H18FN. The fraction of sp³-hybridized carbons (Fsp3) is 0.500. The normalized spacial score (nSPS) is 13.2. The molecule has 0 bridgehead atoms. The van der Waals surface area contributed by atoms with E-state index >= 15 is 0 Å². The molecule has 2 heteroatoms. The fourth-order valence-corrected chi connectivity index (χ4v) is 1.47. The first-order valence-electron chi connectivity index (χ1n) is 5.06. The Bertz CT molecular complexity index is 266. The Balaban J connectivity index is 2.68. The van der Waals surface area contributed by atoms with Crippen LogP contribution < -0.4 is 5.73 Å². The highest BCUT2D eigenvalue weighted by Crippen LogP contribution is 2.17. The summed E-state index contributed by atoms with van der Waals surface area (Å²) < 4.78 is 13.1. The van der Waals surface area contributed by atoms with Crippen LogP contribution in [0.4, 0.5) is 4.39 Å². The van der Waals surface area contributed by atoms with Crippen LogP contribution in [0, 0.1) is 5.92 Å². The maximum absolute atomic E-state index is 13.1. The molecule has 1 rings (SSSR count). The van der Waals surface area contributed by atoms with Crippen molar-refractivity contribution < 1.29 is 4.39 Å². The van der Waals surface area contributed by atoms with Gasteiger partial charge in [-0.3, -0.25) is 0 Å². The van der Waals surface area contributed by atoms with Gasteiger partial charge < -0.3 is 5.73 Å². The molecule has 0 fully saturated rings. The highest BCUT2D eigenvalue weighted by molar-refractivity contribution is 5.24. The van der Waals surface area contributed by atoms with Gasteiger partial charge in [0.25, 0.3) is 0 Å². The van der Waals surface area contributed by atoms with Crippen LogP contribution in [0.1, 0.15) is 31.1 Å². The van der Waals surface area contributed by atoms with E-state index in [0.29, 0.717) is 11.5 Å². The monoisotopic (exact) mass is 195 g/mol. The summed E-state index contributed by atoms with van der Waals surface area (Å²) in [6.07, 6.45) is 0.0166. The van der Waals surface area contributed by atoms with Crippen LogP contribution in [-0.2, 0) is 6.42 Å². The molecule has 1 nitrogen and oxygen atoms in total. The smallest absolute Gasteiger partial charge is 0.137 e. The first-order valence-corrected chi connectivity index (χ1v) is 5.06. The molecule has 0 aromatic heterocycles. The summed E-state index contributed by atoms with van der Waals surface area (Å²) >= 11 is 0. The highest BCUT2D eigenvalue weighted by atomic mass is 19.1. The predicted molar refractivity (Wildman–Crippen MR) is 57.9 cm³/mol. The number of hydrogen-bond donors (Lipinski definition) is 1. The van der Waals surface area contributed by atoms with Crippen LogP contribution in [0.3, 0.4) is 0 Å². The lowest BCUT2D eigenvalue weighted by Gasteiger charge is -2.08. The van der Waals surface area contributed by atoms with E-state index < -0.39 is 6.17 Å². The van der Waals surface area contributed by atoms with Gasteiger partial charge in [0.1, 0.15) is 6.17 Å². The Morgan fingerprint density at radius 1 is 1.21 bits per heavy atom. The van der Waals surface area contributed by atoms with Crippen molar-refractivity contribution in [2.24, 2.45) is 11.7 Å². The molecule has 1 atom stereocenters. The number of nitrogens with two attached hydrogens (primary N) is 1. The van der Waals surface area contributed by atoms with Gasteiger partial charge in [-0.15, -0.1) is 0 Å². The van der Waals surface area contributed by atoms with E-state index in [9.17, 15) is 4.39 Å². The third-order valence-corrected chi connectivity index (χ3v) is 2.19. The molecule has 0 radical (unpaired) electrons. The number of rotatable bonds is 4.